The molecule has 146 valence electrons. The molecule has 25 heavy (non-hydrogen) atoms. The molecular weight excluding hydrogens is 304 g/mol. The van der Waals surface area contributed by atoms with Crippen molar-refractivity contribution in [2.24, 2.45) is 0 Å². The van der Waals surface area contributed by atoms with Crippen molar-refractivity contribution in [1.82, 2.24) is 4.57 Å². The molecule has 0 saturated carbocycles. The highest BCUT2D eigenvalue weighted by atomic mass is 15.1. The number of aryl methyl sites for hydroxylation is 2. The van der Waals surface area contributed by atoms with E-state index in [1.54, 1.807) is 5.82 Å². The van der Waals surface area contributed by atoms with E-state index in [1.165, 1.54) is 103 Å². The minimum Gasteiger partial charge on any atom is -0.235 e. The molecule has 0 fully saturated rings. The third-order valence-electron chi connectivity index (χ3n) is 5.44. The largest absolute Gasteiger partial charge is 0.256 e. The highest BCUT2D eigenvalue weighted by molar-refractivity contribution is 4.83. The first-order chi connectivity index (χ1) is 12.3. The lowest BCUT2D eigenvalue weighted by molar-refractivity contribution is -0.704. The molecule has 0 bridgehead atoms. The van der Waals surface area contributed by atoms with Crippen LogP contribution in [0.1, 0.15) is 116 Å². The van der Waals surface area contributed by atoms with Gasteiger partial charge in [0.1, 0.15) is 12.4 Å². The van der Waals surface area contributed by atoms with Crippen molar-refractivity contribution >= 4 is 0 Å². The van der Waals surface area contributed by atoms with E-state index in [2.05, 4.69) is 42.3 Å². The summed E-state index contributed by atoms with van der Waals surface area (Å²) in [7, 11) is 0. The topological polar surface area (TPSA) is 8.81 Å². The molecule has 0 spiro atoms. The van der Waals surface area contributed by atoms with Crippen LogP contribution >= 0.6 is 0 Å². The third kappa shape index (κ3) is 10.1. The van der Waals surface area contributed by atoms with Gasteiger partial charge in [0.25, 0.3) is 5.82 Å². The number of hydrogen-bond acceptors (Lipinski definition) is 0. The zero-order chi connectivity index (χ0) is 18.2. The molecular formula is C23H45N2+. The minimum absolute atomic E-state index is 1.11. The van der Waals surface area contributed by atoms with Crippen LogP contribution in [0.2, 0.25) is 0 Å². The molecule has 0 amide bonds. The van der Waals surface area contributed by atoms with E-state index in [4.69, 9.17) is 0 Å². The van der Waals surface area contributed by atoms with Gasteiger partial charge in [0, 0.05) is 6.42 Å². The van der Waals surface area contributed by atoms with Crippen LogP contribution in [-0.2, 0) is 19.5 Å². The lowest BCUT2D eigenvalue weighted by Crippen LogP contribution is -2.37. The summed E-state index contributed by atoms with van der Waals surface area (Å²) in [6.07, 6.45) is 25.4. The van der Waals surface area contributed by atoms with Crippen LogP contribution in [0.15, 0.2) is 12.4 Å². The molecule has 2 nitrogen and oxygen atoms in total. The fourth-order valence-corrected chi connectivity index (χ4v) is 3.76. The normalized spacial score (nSPS) is 11.3. The van der Waals surface area contributed by atoms with E-state index in [0.717, 1.165) is 6.54 Å². The van der Waals surface area contributed by atoms with Gasteiger partial charge in [-0.05, 0) is 26.2 Å². The van der Waals surface area contributed by atoms with Gasteiger partial charge in [0.2, 0.25) is 0 Å². The summed E-state index contributed by atoms with van der Waals surface area (Å²) in [4.78, 5) is 0. The van der Waals surface area contributed by atoms with Crippen molar-refractivity contribution in [2.75, 3.05) is 0 Å². The summed E-state index contributed by atoms with van der Waals surface area (Å²) in [6, 6.07) is 0. The van der Waals surface area contributed by atoms with Crippen LogP contribution in [-0.4, -0.2) is 4.57 Å². The first-order valence-corrected chi connectivity index (χ1v) is 11.4. The van der Waals surface area contributed by atoms with E-state index in [-0.39, 0.29) is 0 Å². The molecule has 0 aliphatic heterocycles. The second kappa shape index (κ2) is 15.5. The SMILES string of the molecule is CCCCCCCCCC[n+]1ccn(CC)c1CCCCCCCC. The number of unbranched alkanes of at least 4 members (excludes halogenated alkanes) is 12. The van der Waals surface area contributed by atoms with Gasteiger partial charge in [-0.3, -0.25) is 0 Å². The van der Waals surface area contributed by atoms with E-state index < -0.39 is 0 Å². The van der Waals surface area contributed by atoms with Crippen molar-refractivity contribution < 1.29 is 4.57 Å². The van der Waals surface area contributed by atoms with Gasteiger partial charge in [-0.1, -0.05) is 84.5 Å². The molecule has 1 heterocycles. The Hall–Kier alpha value is -0.790. The molecule has 0 N–H and O–H groups in total. The molecule has 0 unspecified atom stereocenters. The predicted molar refractivity (Wildman–Crippen MR) is 110 cm³/mol. The summed E-state index contributed by atoms with van der Waals surface area (Å²) in [5.74, 6) is 1.56. The average molecular weight is 350 g/mol. The maximum Gasteiger partial charge on any atom is 0.256 e. The monoisotopic (exact) mass is 349 g/mol. The quantitative estimate of drug-likeness (QED) is 0.215. The van der Waals surface area contributed by atoms with Gasteiger partial charge in [-0.15, -0.1) is 0 Å². The average Bonchev–Trinajstić information content (AvgIpc) is 3.02. The molecule has 0 aliphatic rings. The van der Waals surface area contributed by atoms with Crippen LogP contribution in [0.3, 0.4) is 0 Å². The summed E-state index contributed by atoms with van der Waals surface area (Å²) < 4.78 is 4.99. The minimum atomic E-state index is 1.11. The van der Waals surface area contributed by atoms with Crippen LogP contribution in [0, 0.1) is 0 Å². The Kier molecular flexibility index (Phi) is 13.8. The molecule has 1 aromatic heterocycles. The Balaban J connectivity index is 2.23. The number of rotatable bonds is 17. The van der Waals surface area contributed by atoms with Crippen LogP contribution < -0.4 is 4.57 Å². The second-order valence-corrected chi connectivity index (χ2v) is 7.69. The molecule has 0 radical (unpaired) electrons. The van der Waals surface area contributed by atoms with Gasteiger partial charge >= 0.3 is 0 Å². The molecule has 0 atom stereocenters. The molecule has 2 heteroatoms. The standard InChI is InChI=1S/C23H45N2/c1-4-7-9-11-13-14-16-18-20-25-22-21-24(6-3)23(25)19-17-15-12-10-8-5-2/h21-22H,4-20H2,1-3H3/q+1. The van der Waals surface area contributed by atoms with Crippen molar-refractivity contribution in [2.45, 2.75) is 130 Å². The first-order valence-electron chi connectivity index (χ1n) is 11.4. The van der Waals surface area contributed by atoms with Crippen molar-refractivity contribution in [1.29, 1.82) is 0 Å². The van der Waals surface area contributed by atoms with Crippen LogP contribution in [0.4, 0.5) is 0 Å². The van der Waals surface area contributed by atoms with Crippen molar-refractivity contribution in [3.8, 4) is 0 Å². The van der Waals surface area contributed by atoms with E-state index in [1.807, 2.05) is 0 Å². The van der Waals surface area contributed by atoms with E-state index >= 15 is 0 Å². The predicted octanol–water partition coefficient (Wildman–Crippen LogP) is 6.84. The van der Waals surface area contributed by atoms with Crippen LogP contribution in [0.5, 0.6) is 0 Å². The van der Waals surface area contributed by atoms with Crippen molar-refractivity contribution in [3.63, 3.8) is 0 Å². The molecule has 0 saturated heterocycles. The van der Waals surface area contributed by atoms with Gasteiger partial charge in [-0.2, -0.15) is 0 Å². The fourth-order valence-electron chi connectivity index (χ4n) is 3.76. The molecule has 1 rings (SSSR count). The second-order valence-electron chi connectivity index (χ2n) is 7.69. The number of hydrogen-bond donors (Lipinski definition) is 0. The lowest BCUT2D eigenvalue weighted by Gasteiger charge is -2.05. The number of nitrogens with zero attached hydrogens (tertiary/aromatic N) is 2. The highest BCUT2D eigenvalue weighted by Crippen LogP contribution is 2.10. The summed E-state index contributed by atoms with van der Waals surface area (Å²) in [5.41, 5.74) is 0. The smallest absolute Gasteiger partial charge is 0.235 e. The van der Waals surface area contributed by atoms with Gasteiger partial charge < -0.3 is 0 Å². The third-order valence-corrected chi connectivity index (χ3v) is 5.44. The molecule has 1 aromatic rings. The lowest BCUT2D eigenvalue weighted by atomic mass is 10.1. The maximum absolute atomic E-state index is 2.53. The van der Waals surface area contributed by atoms with E-state index in [9.17, 15) is 0 Å². The number of aromatic nitrogens is 2. The Morgan fingerprint density at radius 2 is 1.20 bits per heavy atom. The Morgan fingerprint density at radius 1 is 0.680 bits per heavy atom. The molecule has 0 aromatic carbocycles. The maximum atomic E-state index is 2.53. The zero-order valence-corrected chi connectivity index (χ0v) is 17.6. The van der Waals surface area contributed by atoms with E-state index in [0.29, 0.717) is 0 Å². The van der Waals surface area contributed by atoms with Crippen LogP contribution in [0.25, 0.3) is 0 Å². The fraction of sp³-hybridized carbons (Fsp3) is 0.870. The highest BCUT2D eigenvalue weighted by Gasteiger charge is 2.15. The molecule has 0 aliphatic carbocycles. The Morgan fingerprint density at radius 3 is 1.76 bits per heavy atom. The first kappa shape index (κ1) is 22.3. The van der Waals surface area contributed by atoms with Crippen molar-refractivity contribution in [3.05, 3.63) is 18.2 Å². The van der Waals surface area contributed by atoms with Gasteiger partial charge in [-0.25, -0.2) is 9.13 Å². The number of imidazole rings is 1. The Bertz CT molecular complexity index is 408. The zero-order valence-electron chi connectivity index (χ0n) is 17.6. The summed E-state index contributed by atoms with van der Waals surface area (Å²) in [5, 5.41) is 0. The summed E-state index contributed by atoms with van der Waals surface area (Å²) >= 11 is 0. The van der Waals surface area contributed by atoms with Gasteiger partial charge in [0.05, 0.1) is 13.1 Å². The van der Waals surface area contributed by atoms with Gasteiger partial charge in [0.15, 0.2) is 0 Å². The Labute approximate surface area is 158 Å². The summed E-state index contributed by atoms with van der Waals surface area (Å²) in [6.45, 7) is 9.18.